The normalized spacial score (nSPS) is 16.9. The van der Waals surface area contributed by atoms with Gasteiger partial charge in [0.2, 0.25) is 0 Å². The van der Waals surface area contributed by atoms with Crippen molar-refractivity contribution >= 4 is 5.82 Å². The molecule has 0 radical (unpaired) electrons. The first kappa shape index (κ1) is 13.1. The molecule has 3 rings (SSSR count). The minimum Gasteiger partial charge on any atom is -0.350 e. The van der Waals surface area contributed by atoms with E-state index in [0.29, 0.717) is 0 Å². The lowest BCUT2D eigenvalue weighted by Crippen LogP contribution is -2.46. The van der Waals surface area contributed by atoms with Gasteiger partial charge in [0.15, 0.2) is 5.82 Å². The van der Waals surface area contributed by atoms with E-state index in [-0.39, 0.29) is 0 Å². The van der Waals surface area contributed by atoms with Gasteiger partial charge in [-0.15, -0.1) is 0 Å². The quantitative estimate of drug-likeness (QED) is 0.903. The molecule has 1 saturated heterocycles. The smallest absolute Gasteiger partial charge is 0.196 e. The minimum atomic E-state index is 0.857. The monoisotopic (exact) mass is 276 g/mol. The number of nitrogens with one attached hydrogen (secondary N) is 1. The Bertz CT molecular complexity index is 562. The van der Waals surface area contributed by atoms with Crippen molar-refractivity contribution in [2.75, 3.05) is 31.1 Å². The van der Waals surface area contributed by atoms with Crippen LogP contribution in [0.1, 0.15) is 22.9 Å². The molecule has 1 aliphatic heterocycles. The second-order valence-electron chi connectivity index (χ2n) is 5.33. The van der Waals surface area contributed by atoms with Gasteiger partial charge < -0.3 is 9.88 Å². The lowest BCUT2D eigenvalue weighted by Gasteiger charge is -2.34. The maximum Gasteiger partial charge on any atom is 0.196 e. The summed E-state index contributed by atoms with van der Waals surface area (Å²) in [6.07, 6.45) is 0. The summed E-state index contributed by atoms with van der Waals surface area (Å²) in [6, 6.07) is 0. The van der Waals surface area contributed by atoms with E-state index in [2.05, 4.69) is 37.0 Å². The average molecular weight is 276 g/mol. The van der Waals surface area contributed by atoms with Gasteiger partial charge in [0, 0.05) is 31.9 Å². The van der Waals surface area contributed by atoms with Crippen LogP contribution in [-0.2, 0) is 6.54 Å². The zero-order chi connectivity index (χ0) is 14.1. The maximum atomic E-state index is 4.77. The number of aromatic nitrogens is 4. The van der Waals surface area contributed by atoms with Crippen molar-refractivity contribution in [1.82, 2.24) is 25.2 Å². The highest BCUT2D eigenvalue weighted by atomic mass is 16.6. The molecule has 0 atom stereocenters. The van der Waals surface area contributed by atoms with E-state index in [9.17, 15) is 0 Å². The van der Waals surface area contributed by atoms with Gasteiger partial charge in [-0.2, -0.15) is 0 Å². The molecule has 0 amide bonds. The number of aromatic amines is 1. The lowest BCUT2D eigenvalue weighted by atomic mass is 10.3. The molecule has 20 heavy (non-hydrogen) atoms. The number of rotatable bonds is 3. The van der Waals surface area contributed by atoms with Gasteiger partial charge >= 0.3 is 0 Å². The van der Waals surface area contributed by atoms with Crippen LogP contribution in [0, 0.1) is 20.8 Å². The molecule has 0 unspecified atom stereocenters. The van der Waals surface area contributed by atoms with Crippen LogP contribution in [0.4, 0.5) is 5.82 Å². The Balaban J connectivity index is 1.57. The predicted molar refractivity (Wildman–Crippen MR) is 74.6 cm³/mol. The van der Waals surface area contributed by atoms with E-state index in [4.69, 9.17) is 4.63 Å². The van der Waals surface area contributed by atoms with Crippen molar-refractivity contribution in [3.8, 4) is 0 Å². The van der Waals surface area contributed by atoms with Crippen molar-refractivity contribution in [2.45, 2.75) is 27.3 Å². The van der Waals surface area contributed by atoms with Gasteiger partial charge in [-0.1, -0.05) is 5.16 Å². The maximum absolute atomic E-state index is 4.77. The molecule has 0 saturated carbocycles. The summed E-state index contributed by atoms with van der Waals surface area (Å²) < 4.78 is 4.77. The standard InChI is InChI=1S/C13H20N6O/c1-9-10(2)15-12(14-9)8-18-4-6-19(7-5-18)13-11(3)16-20-17-13/h4-8H2,1-3H3,(H,14,15). The van der Waals surface area contributed by atoms with Crippen LogP contribution in [0.2, 0.25) is 0 Å². The molecular formula is C13H20N6O. The van der Waals surface area contributed by atoms with Gasteiger partial charge in [0.1, 0.15) is 11.5 Å². The van der Waals surface area contributed by atoms with Crippen molar-refractivity contribution in [3.63, 3.8) is 0 Å². The summed E-state index contributed by atoms with van der Waals surface area (Å²) in [5.74, 6) is 1.92. The van der Waals surface area contributed by atoms with Crippen molar-refractivity contribution in [2.24, 2.45) is 0 Å². The number of hydrogen-bond acceptors (Lipinski definition) is 6. The van der Waals surface area contributed by atoms with Gasteiger partial charge in [0.25, 0.3) is 0 Å². The van der Waals surface area contributed by atoms with Crippen molar-refractivity contribution in [3.05, 3.63) is 22.9 Å². The molecule has 0 aromatic carbocycles. The topological polar surface area (TPSA) is 74.1 Å². The first-order valence-electron chi connectivity index (χ1n) is 6.92. The molecule has 7 nitrogen and oxygen atoms in total. The number of H-pyrrole nitrogens is 1. The fourth-order valence-electron chi connectivity index (χ4n) is 2.54. The van der Waals surface area contributed by atoms with Crippen LogP contribution in [-0.4, -0.2) is 51.4 Å². The molecule has 1 aliphatic rings. The molecule has 2 aromatic heterocycles. The minimum absolute atomic E-state index is 0.857. The molecule has 0 bridgehead atoms. The summed E-state index contributed by atoms with van der Waals surface area (Å²) in [6.45, 7) is 10.8. The van der Waals surface area contributed by atoms with Crippen molar-refractivity contribution in [1.29, 1.82) is 0 Å². The van der Waals surface area contributed by atoms with Crippen LogP contribution in [0.15, 0.2) is 4.63 Å². The predicted octanol–water partition coefficient (Wildman–Crippen LogP) is 1.04. The second-order valence-corrected chi connectivity index (χ2v) is 5.33. The number of nitrogens with zero attached hydrogens (tertiary/aromatic N) is 5. The third kappa shape index (κ3) is 2.53. The van der Waals surface area contributed by atoms with Crippen LogP contribution in [0.3, 0.4) is 0 Å². The summed E-state index contributed by atoms with van der Waals surface area (Å²) in [7, 11) is 0. The van der Waals surface area contributed by atoms with E-state index < -0.39 is 0 Å². The zero-order valence-corrected chi connectivity index (χ0v) is 12.2. The Kier molecular flexibility index (Phi) is 3.43. The van der Waals surface area contributed by atoms with Gasteiger partial charge in [-0.3, -0.25) is 4.90 Å². The molecule has 1 N–H and O–H groups in total. The SMILES string of the molecule is Cc1nonc1N1CCN(Cc2nc(C)c(C)[nH]2)CC1. The highest BCUT2D eigenvalue weighted by Crippen LogP contribution is 2.17. The van der Waals surface area contributed by atoms with E-state index in [0.717, 1.165) is 61.4 Å². The largest absolute Gasteiger partial charge is 0.350 e. The van der Waals surface area contributed by atoms with Gasteiger partial charge in [-0.25, -0.2) is 9.61 Å². The first-order valence-corrected chi connectivity index (χ1v) is 6.92. The summed E-state index contributed by atoms with van der Waals surface area (Å²) in [5.41, 5.74) is 3.10. The molecule has 108 valence electrons. The number of anilines is 1. The highest BCUT2D eigenvalue weighted by Gasteiger charge is 2.22. The van der Waals surface area contributed by atoms with Crippen LogP contribution >= 0.6 is 0 Å². The molecule has 3 heterocycles. The number of imidazole rings is 1. The fourth-order valence-corrected chi connectivity index (χ4v) is 2.54. The fraction of sp³-hybridized carbons (Fsp3) is 0.615. The first-order chi connectivity index (χ1) is 9.63. The Hall–Kier alpha value is -1.89. The summed E-state index contributed by atoms with van der Waals surface area (Å²) >= 11 is 0. The number of piperazine rings is 1. The number of hydrogen-bond donors (Lipinski definition) is 1. The summed E-state index contributed by atoms with van der Waals surface area (Å²) in [5, 5.41) is 7.80. The van der Waals surface area contributed by atoms with E-state index >= 15 is 0 Å². The third-order valence-electron chi connectivity index (χ3n) is 3.85. The van der Waals surface area contributed by atoms with E-state index in [1.807, 2.05) is 13.8 Å². The Morgan fingerprint density at radius 1 is 1.05 bits per heavy atom. The van der Waals surface area contributed by atoms with E-state index in [1.165, 1.54) is 0 Å². The zero-order valence-electron chi connectivity index (χ0n) is 12.2. The summed E-state index contributed by atoms with van der Waals surface area (Å²) in [4.78, 5) is 12.5. The van der Waals surface area contributed by atoms with Crippen LogP contribution in [0.5, 0.6) is 0 Å². The second kappa shape index (κ2) is 5.24. The van der Waals surface area contributed by atoms with Gasteiger partial charge in [0.05, 0.1) is 12.2 Å². The van der Waals surface area contributed by atoms with Gasteiger partial charge in [-0.05, 0) is 25.9 Å². The highest BCUT2D eigenvalue weighted by molar-refractivity contribution is 5.41. The lowest BCUT2D eigenvalue weighted by molar-refractivity contribution is 0.242. The van der Waals surface area contributed by atoms with Crippen LogP contribution in [0.25, 0.3) is 0 Å². The molecule has 1 fully saturated rings. The van der Waals surface area contributed by atoms with E-state index in [1.54, 1.807) is 0 Å². The molecule has 0 spiro atoms. The van der Waals surface area contributed by atoms with Crippen LogP contribution < -0.4 is 4.90 Å². The van der Waals surface area contributed by atoms with Crippen molar-refractivity contribution < 1.29 is 4.63 Å². The Morgan fingerprint density at radius 2 is 1.80 bits per heavy atom. The molecule has 0 aliphatic carbocycles. The Labute approximate surface area is 117 Å². The molecule has 2 aromatic rings. The molecule has 7 heteroatoms. The average Bonchev–Trinajstić information content (AvgIpc) is 2.98. The number of aryl methyl sites for hydroxylation is 3. The Morgan fingerprint density at radius 3 is 2.35 bits per heavy atom. The molecular weight excluding hydrogens is 256 g/mol. The third-order valence-corrected chi connectivity index (χ3v) is 3.85.